The molecule has 9 rings (SSSR count). The van der Waals surface area contributed by atoms with Crippen LogP contribution in [0.2, 0.25) is 0 Å². The first-order chi connectivity index (χ1) is 29.7. The third-order valence-electron chi connectivity index (χ3n) is 14.0. The molecule has 322 valence electrons. The van der Waals surface area contributed by atoms with E-state index < -0.39 is 28.5 Å². The Balaban J connectivity index is 0.770. The summed E-state index contributed by atoms with van der Waals surface area (Å²) in [6.45, 7) is 12.7. The van der Waals surface area contributed by atoms with Gasteiger partial charge < -0.3 is 24.4 Å². The van der Waals surface area contributed by atoms with Crippen LogP contribution >= 0.6 is 0 Å². The SMILES string of the molecule is CC1(C)C(NC(=O)c2ccc(N3CCC(CN4CCC(n5ccc6c(N7CCC(=O)NC7=O)cc(F)cc65)CC4)CC3)c(F)c2)C(C)(C)C1Oc1ccc(C#N)c2ncccc12. The number of piperidine rings is 2. The summed E-state index contributed by atoms with van der Waals surface area (Å²) in [5, 5.41) is 16.6. The fraction of sp³-hybridized carbons (Fsp3) is 0.438. The number of nitriles is 1. The maximum atomic E-state index is 15.8. The molecule has 0 atom stereocenters. The van der Waals surface area contributed by atoms with Gasteiger partial charge >= 0.3 is 6.03 Å². The Labute approximate surface area is 359 Å². The minimum atomic E-state index is -0.530. The topological polar surface area (TPSA) is 136 Å². The number of carbonyl (C=O) groups excluding carboxylic acids is 3. The van der Waals surface area contributed by atoms with Crippen LogP contribution in [-0.4, -0.2) is 83.7 Å². The number of ether oxygens (including phenoxy) is 1. The molecule has 12 nitrogen and oxygen atoms in total. The molecule has 4 amide bonds. The van der Waals surface area contributed by atoms with Crippen molar-refractivity contribution < 1.29 is 27.9 Å². The Bertz CT molecular complexity index is 2600. The molecule has 4 aliphatic rings. The Morgan fingerprint density at radius 1 is 0.919 bits per heavy atom. The number of nitrogens with one attached hydrogen (secondary N) is 2. The molecule has 3 aromatic carbocycles. The standard InChI is InChI=1S/C48H52F2N8O4/c1-47(2)44(48(3,4)45(47)62-40-10-8-31(27-51)42-35(40)6-5-17-52-42)54-43(60)30-7-9-37(36(50)24-30)56-20-11-29(12-21-56)28-55-18-13-33(14-19-55)57-22-15-34-38(57)25-32(49)26-39(34)58-23-16-41(59)53-46(58)61/h5-10,15,17,22,24-26,29,33,44-45H,11-14,16,18-21,23,28H2,1-4H3,(H,54,60)(H,53,59,61). The predicted molar refractivity (Wildman–Crippen MR) is 233 cm³/mol. The molecule has 5 aromatic rings. The van der Waals surface area contributed by atoms with E-state index in [2.05, 4.69) is 63.7 Å². The van der Waals surface area contributed by atoms with Crippen LogP contribution in [0, 0.1) is 39.7 Å². The number of rotatable bonds is 9. The average Bonchev–Trinajstić information content (AvgIpc) is 3.68. The molecular weight excluding hydrogens is 791 g/mol. The normalized spacial score (nSPS) is 22.0. The number of halogens is 2. The maximum absolute atomic E-state index is 15.8. The summed E-state index contributed by atoms with van der Waals surface area (Å²) in [5.41, 5.74) is 2.16. The number of fused-ring (bicyclic) bond motifs is 2. The summed E-state index contributed by atoms with van der Waals surface area (Å²) >= 11 is 0. The largest absolute Gasteiger partial charge is 0.488 e. The van der Waals surface area contributed by atoms with E-state index in [0.29, 0.717) is 34.1 Å². The molecule has 14 heteroatoms. The monoisotopic (exact) mass is 842 g/mol. The number of hydrogen-bond acceptors (Lipinski definition) is 8. The second-order valence-electron chi connectivity index (χ2n) is 18.6. The third kappa shape index (κ3) is 7.40. The van der Waals surface area contributed by atoms with Crippen molar-refractivity contribution in [1.29, 1.82) is 5.26 Å². The number of aromatic nitrogens is 2. The number of pyridine rings is 1. The second-order valence-corrected chi connectivity index (χ2v) is 18.6. The minimum absolute atomic E-state index is 0.171. The number of carbonyl (C=O) groups is 3. The molecule has 0 unspecified atom stereocenters. The zero-order chi connectivity index (χ0) is 43.5. The smallest absolute Gasteiger partial charge is 0.328 e. The van der Waals surface area contributed by atoms with Crippen LogP contribution in [0.1, 0.15) is 81.8 Å². The van der Waals surface area contributed by atoms with Crippen molar-refractivity contribution in [3.63, 3.8) is 0 Å². The molecule has 3 saturated heterocycles. The van der Waals surface area contributed by atoms with Crippen molar-refractivity contribution in [3.05, 3.63) is 95.8 Å². The van der Waals surface area contributed by atoms with Crippen LogP contribution in [0.4, 0.5) is 25.0 Å². The lowest BCUT2D eigenvalue weighted by Crippen LogP contribution is -2.74. The van der Waals surface area contributed by atoms with Gasteiger partial charge in [-0.2, -0.15) is 5.26 Å². The van der Waals surface area contributed by atoms with Crippen molar-refractivity contribution in [2.24, 2.45) is 16.7 Å². The number of imide groups is 1. The van der Waals surface area contributed by atoms with Gasteiger partial charge in [-0.05, 0) is 92.3 Å². The lowest BCUT2D eigenvalue weighted by molar-refractivity contribution is -0.163. The Kier molecular flexibility index (Phi) is 10.7. The Morgan fingerprint density at radius 2 is 1.68 bits per heavy atom. The van der Waals surface area contributed by atoms with E-state index in [9.17, 15) is 24.0 Å². The first kappa shape index (κ1) is 41.3. The van der Waals surface area contributed by atoms with E-state index in [1.54, 1.807) is 30.5 Å². The van der Waals surface area contributed by atoms with Gasteiger partial charge in [0.05, 0.1) is 28.0 Å². The summed E-state index contributed by atoms with van der Waals surface area (Å²) in [5.74, 6) is -0.372. The Morgan fingerprint density at radius 3 is 2.39 bits per heavy atom. The predicted octanol–water partition coefficient (Wildman–Crippen LogP) is 7.95. The highest BCUT2D eigenvalue weighted by atomic mass is 19.1. The number of urea groups is 1. The quantitative estimate of drug-likeness (QED) is 0.153. The molecule has 0 bridgehead atoms. The number of hydrogen-bond donors (Lipinski definition) is 2. The molecule has 2 N–H and O–H groups in total. The molecule has 1 aliphatic carbocycles. The van der Waals surface area contributed by atoms with Crippen LogP contribution < -0.4 is 25.2 Å². The summed E-state index contributed by atoms with van der Waals surface area (Å²) in [6, 6.07) is 18.5. The van der Waals surface area contributed by atoms with Crippen molar-refractivity contribution in [1.82, 2.24) is 25.1 Å². The van der Waals surface area contributed by atoms with E-state index in [1.807, 2.05) is 24.4 Å². The van der Waals surface area contributed by atoms with Crippen molar-refractivity contribution in [3.8, 4) is 11.8 Å². The van der Waals surface area contributed by atoms with Gasteiger partial charge in [0.1, 0.15) is 29.6 Å². The Hall–Kier alpha value is -6.07. The zero-order valence-corrected chi connectivity index (χ0v) is 35.6. The van der Waals surface area contributed by atoms with Crippen LogP contribution in [0.5, 0.6) is 5.75 Å². The van der Waals surface area contributed by atoms with Crippen molar-refractivity contribution >= 4 is 51.0 Å². The summed E-state index contributed by atoms with van der Waals surface area (Å²) in [7, 11) is 0. The molecule has 62 heavy (non-hydrogen) atoms. The van der Waals surface area contributed by atoms with E-state index >= 15 is 4.39 Å². The van der Waals surface area contributed by atoms with E-state index in [1.165, 1.54) is 23.1 Å². The molecule has 3 aliphatic heterocycles. The summed E-state index contributed by atoms with van der Waals surface area (Å²) in [4.78, 5) is 48.4. The summed E-state index contributed by atoms with van der Waals surface area (Å²) < 4.78 is 39.5. The number of benzene rings is 3. The second kappa shape index (κ2) is 16.0. The number of amides is 4. The molecule has 5 heterocycles. The van der Waals surface area contributed by atoms with Crippen LogP contribution in [0.3, 0.4) is 0 Å². The van der Waals surface area contributed by atoms with E-state index in [-0.39, 0.29) is 48.5 Å². The fourth-order valence-corrected chi connectivity index (χ4v) is 11.0. The van der Waals surface area contributed by atoms with Crippen LogP contribution in [0.15, 0.2) is 73.1 Å². The minimum Gasteiger partial charge on any atom is -0.488 e. The van der Waals surface area contributed by atoms with Gasteiger partial charge in [0.25, 0.3) is 5.91 Å². The fourth-order valence-electron chi connectivity index (χ4n) is 11.0. The maximum Gasteiger partial charge on any atom is 0.328 e. The molecule has 0 spiro atoms. The number of anilines is 2. The van der Waals surface area contributed by atoms with Crippen LogP contribution in [0.25, 0.3) is 21.8 Å². The first-order valence-electron chi connectivity index (χ1n) is 21.7. The average molecular weight is 843 g/mol. The van der Waals surface area contributed by atoms with Gasteiger partial charge in [0.2, 0.25) is 5.91 Å². The lowest BCUT2D eigenvalue weighted by atomic mass is 9.49. The highest BCUT2D eigenvalue weighted by molar-refractivity contribution is 6.09. The highest BCUT2D eigenvalue weighted by Gasteiger charge is 2.64. The molecule has 0 radical (unpaired) electrons. The number of likely N-dealkylation sites (tertiary alicyclic amines) is 1. The lowest BCUT2D eigenvalue weighted by Gasteiger charge is -2.63. The number of nitrogens with zero attached hydrogens (tertiary/aromatic N) is 6. The van der Waals surface area contributed by atoms with Gasteiger partial charge in [-0.15, -0.1) is 0 Å². The summed E-state index contributed by atoms with van der Waals surface area (Å²) in [6.07, 6.45) is 7.25. The zero-order valence-electron chi connectivity index (χ0n) is 35.6. The molecule has 1 saturated carbocycles. The van der Waals surface area contributed by atoms with E-state index in [4.69, 9.17) is 4.74 Å². The van der Waals surface area contributed by atoms with Gasteiger partial charge in [-0.25, -0.2) is 13.6 Å². The molecule has 4 fully saturated rings. The highest BCUT2D eigenvalue weighted by Crippen LogP contribution is 2.56. The van der Waals surface area contributed by atoms with Gasteiger partial charge in [-0.1, -0.05) is 27.7 Å². The van der Waals surface area contributed by atoms with E-state index in [0.717, 1.165) is 74.7 Å². The van der Waals surface area contributed by atoms with Gasteiger partial charge in [0.15, 0.2) is 0 Å². The van der Waals surface area contributed by atoms with Crippen LogP contribution in [-0.2, 0) is 4.79 Å². The molecular formula is C48H52F2N8O4. The van der Waals surface area contributed by atoms with Gasteiger partial charge in [-0.3, -0.25) is 24.8 Å². The van der Waals surface area contributed by atoms with Crippen molar-refractivity contribution in [2.45, 2.75) is 78.0 Å². The first-order valence-corrected chi connectivity index (χ1v) is 21.7. The molecule has 2 aromatic heterocycles. The van der Waals surface area contributed by atoms with Crippen molar-refractivity contribution in [2.75, 3.05) is 49.1 Å². The third-order valence-corrected chi connectivity index (χ3v) is 14.0. The van der Waals surface area contributed by atoms with Gasteiger partial charge in [0, 0.05) is 97.3 Å².